The number of carboxylic acid groups (broad SMARTS) is 1. The molecule has 1 saturated heterocycles. The number of aliphatic carboxylic acids is 1. The monoisotopic (exact) mass is 1020 g/mol. The van der Waals surface area contributed by atoms with Gasteiger partial charge >= 0.3 is 41.7 Å². The predicted molar refractivity (Wildman–Crippen MR) is 255 cm³/mol. The van der Waals surface area contributed by atoms with E-state index in [1.807, 2.05) is 74.9 Å². The molecule has 6 rings (SSSR count). The Balaban J connectivity index is 0.00000155. The van der Waals surface area contributed by atoms with Crippen LogP contribution in [0.5, 0.6) is 0 Å². The number of carbonyl (C=O) groups excluding carboxylic acids is 6. The summed E-state index contributed by atoms with van der Waals surface area (Å²) in [6, 6.07) is 6.92. The molecule has 0 radical (unpaired) electrons. The first-order chi connectivity index (χ1) is 32.9. The molecule has 1 aromatic rings. The average molecular weight is 1020 g/mol. The van der Waals surface area contributed by atoms with Crippen LogP contribution < -0.4 is 50.6 Å². The number of carboxylic acids is 1. The number of amides is 4. The summed E-state index contributed by atoms with van der Waals surface area (Å²) in [6.07, 6.45) is 3.43. The number of carbonyl (C=O) groups is 6. The molecule has 4 bridgehead atoms. The number of methoxy groups -OCH3 is 2. The Bertz CT molecular complexity index is 1870. The molecular weight excluding hydrogens is 935 g/mol. The van der Waals surface area contributed by atoms with Gasteiger partial charge in [0.05, 0.1) is 49.3 Å². The third-order valence-electron chi connectivity index (χ3n) is 15.6. The Morgan fingerprint density at radius 2 is 1.44 bits per heavy atom. The fourth-order valence-corrected chi connectivity index (χ4v) is 12.5. The summed E-state index contributed by atoms with van der Waals surface area (Å²) in [7, 11) is 6.76. The largest absolute Gasteiger partial charge is 1.00 e. The molecule has 4 saturated carbocycles. The van der Waals surface area contributed by atoms with Crippen LogP contribution in [0.1, 0.15) is 118 Å². The number of nitrogens with one attached hydrogen (secondary N) is 3. The molecule has 15 nitrogen and oxygen atoms in total. The third kappa shape index (κ3) is 16.7. The first kappa shape index (κ1) is 62.2. The average Bonchev–Trinajstić information content (AvgIpc) is 3.77. The van der Waals surface area contributed by atoms with Crippen molar-refractivity contribution in [2.24, 2.45) is 46.8 Å². The van der Waals surface area contributed by atoms with Gasteiger partial charge in [0, 0.05) is 38.6 Å². The molecule has 4 aliphatic carbocycles. The fraction of sp³-hybridized carbons (Fsp3) is 0.769. The minimum atomic E-state index is -5.19. The summed E-state index contributed by atoms with van der Waals surface area (Å²) < 4.78 is 49.9. The van der Waals surface area contributed by atoms with E-state index in [-0.39, 0.29) is 94.9 Å². The molecular formula is C52H81F3N5NaO10. The first-order valence-corrected chi connectivity index (χ1v) is 25.3. The Labute approximate surface area is 441 Å². The number of ether oxygens (including phenoxy) is 3. The van der Waals surface area contributed by atoms with Crippen molar-refractivity contribution in [2.75, 3.05) is 41.5 Å². The number of hydrogen-bond donors (Lipinski definition) is 3. The maximum absolute atomic E-state index is 14.5. The zero-order valence-electron chi connectivity index (χ0n) is 44.3. The van der Waals surface area contributed by atoms with Gasteiger partial charge in [-0.1, -0.05) is 85.2 Å². The van der Waals surface area contributed by atoms with E-state index in [1.54, 1.807) is 28.2 Å². The van der Waals surface area contributed by atoms with Crippen molar-refractivity contribution < 1.29 is 90.8 Å². The van der Waals surface area contributed by atoms with E-state index in [0.29, 0.717) is 26.0 Å². The summed E-state index contributed by atoms with van der Waals surface area (Å²) in [5, 5.41) is 17.5. The normalized spacial score (nSPS) is 24.9. The maximum Gasteiger partial charge on any atom is 1.00 e. The van der Waals surface area contributed by atoms with Gasteiger partial charge in [-0.2, -0.15) is 13.2 Å². The van der Waals surface area contributed by atoms with E-state index >= 15 is 0 Å². The van der Waals surface area contributed by atoms with Crippen LogP contribution in [0.2, 0.25) is 0 Å². The summed E-state index contributed by atoms with van der Waals surface area (Å²) in [5.74, 6) is -3.22. The number of alkyl halides is 3. The summed E-state index contributed by atoms with van der Waals surface area (Å²) in [4.78, 5) is 82.3. The first-order valence-electron chi connectivity index (χ1n) is 25.3. The minimum Gasteiger partial charge on any atom is -0.542 e. The van der Waals surface area contributed by atoms with E-state index in [0.717, 1.165) is 55.4 Å². The summed E-state index contributed by atoms with van der Waals surface area (Å²) in [5.41, 5.74) is 0.980. The number of likely N-dealkylation sites (N-methyl/N-ethyl adjacent to an activating group) is 2. The van der Waals surface area contributed by atoms with Crippen molar-refractivity contribution in [2.45, 2.75) is 168 Å². The Morgan fingerprint density at radius 1 is 0.873 bits per heavy atom. The Hall–Kier alpha value is -3.13. The van der Waals surface area contributed by atoms with Crippen LogP contribution in [0, 0.1) is 46.8 Å². The van der Waals surface area contributed by atoms with Crippen molar-refractivity contribution in [1.82, 2.24) is 25.8 Å². The number of imide groups is 1. The van der Waals surface area contributed by atoms with Crippen LogP contribution in [0.15, 0.2) is 30.3 Å². The number of likely N-dealkylation sites (tertiary alicyclic amines) is 1. The van der Waals surface area contributed by atoms with E-state index in [2.05, 4.69) is 29.8 Å². The van der Waals surface area contributed by atoms with Gasteiger partial charge in [0.2, 0.25) is 23.6 Å². The van der Waals surface area contributed by atoms with E-state index in [1.165, 1.54) is 19.3 Å². The second-order valence-electron chi connectivity index (χ2n) is 21.4. The molecule has 0 unspecified atom stereocenters. The van der Waals surface area contributed by atoms with Gasteiger partial charge in [0.25, 0.3) is 0 Å². The molecule has 71 heavy (non-hydrogen) atoms. The molecule has 5 aliphatic rings. The van der Waals surface area contributed by atoms with Crippen LogP contribution in [0.4, 0.5) is 13.2 Å². The molecule has 1 heterocycles. The van der Waals surface area contributed by atoms with E-state index < -0.39 is 54.4 Å². The molecule has 0 aromatic heterocycles. The Morgan fingerprint density at radius 3 is 1.90 bits per heavy atom. The zero-order chi connectivity index (χ0) is 52.2. The van der Waals surface area contributed by atoms with Gasteiger partial charge in [-0.3, -0.25) is 29.4 Å². The van der Waals surface area contributed by atoms with Gasteiger partial charge in [0.1, 0.15) is 12.0 Å². The summed E-state index contributed by atoms with van der Waals surface area (Å²) >= 11 is 0. The van der Waals surface area contributed by atoms with Gasteiger partial charge < -0.3 is 39.6 Å². The standard InChI is InChI=1S/C50H81N5O8.C2HF3O2.Na/c1-12-32(6)44(54(9)43(31(4)5)48(59)53-47(58)42(51-8)30(2)3)40(61-10)25-41(56)55-20-16-19-39(55)45(62-11)33(7)46(57)52-38(24-34-17-14-13-15-18-34)49(60)63-29-50-26-35-21-36(27-50)23-37(22-35)28-50;3-2(4,5)1(6)7;/h13-15,17-18,30-33,35-40,42-45,51H,12,16,19-29H2,1-11H3,(H,52,57)(H,53,58,59);(H,6,7);/q;;+1/p-1/t32-,33+,35?,36?,37?,38-,39-,40+,42-,43-,44-,45+,50?;;/m0../s1. The molecule has 5 fully saturated rings. The molecule has 1 aromatic carbocycles. The number of rotatable bonds is 23. The minimum absolute atomic E-state index is 0. The van der Waals surface area contributed by atoms with Crippen LogP contribution in [-0.4, -0.2) is 135 Å². The predicted octanol–water partition coefficient (Wildman–Crippen LogP) is 2.08. The SMILES string of the molecule is CC[C@H](C)[C@@H]([C@@H](CC(=O)N1CCC[C@H]1[C@H](OC)[C@@H](C)C(=O)N[C@@H](Cc1ccccc1)C(=O)OCC12CC3CC(CC(C3)C1)C2)OC)N(C)[C@H](C(=O)NC(=O)[C@@H](NC)C(C)C)C(C)C.O=C([O-])C(F)(F)F.[Na+]. The fourth-order valence-electron chi connectivity index (χ4n) is 12.5. The van der Waals surface area contributed by atoms with Crippen LogP contribution in [-0.2, 0) is 49.4 Å². The van der Waals surface area contributed by atoms with Crippen LogP contribution >= 0.6 is 0 Å². The zero-order valence-corrected chi connectivity index (χ0v) is 46.3. The maximum atomic E-state index is 14.5. The second kappa shape index (κ2) is 28.0. The van der Waals surface area contributed by atoms with Crippen LogP contribution in [0.3, 0.4) is 0 Å². The van der Waals surface area contributed by atoms with E-state index in [9.17, 15) is 37.1 Å². The molecule has 1 aliphatic heterocycles. The number of hydrogen-bond acceptors (Lipinski definition) is 12. The van der Waals surface area contributed by atoms with Gasteiger partial charge in [0.15, 0.2) is 0 Å². The topological polar surface area (TPSA) is 196 Å². The van der Waals surface area contributed by atoms with Gasteiger partial charge in [-0.15, -0.1) is 0 Å². The van der Waals surface area contributed by atoms with Gasteiger partial charge in [-0.05, 0) is 107 Å². The quantitative estimate of drug-likeness (QED) is 0.107. The molecule has 4 amide bonds. The van der Waals surface area contributed by atoms with Crippen molar-refractivity contribution in [1.29, 1.82) is 0 Å². The second-order valence-corrected chi connectivity index (χ2v) is 21.4. The Kier molecular flexibility index (Phi) is 24.5. The molecule has 9 atom stereocenters. The molecule has 396 valence electrons. The number of esters is 1. The van der Waals surface area contributed by atoms with Crippen molar-refractivity contribution in [3.05, 3.63) is 35.9 Å². The summed E-state index contributed by atoms with van der Waals surface area (Å²) in [6.45, 7) is 14.7. The molecule has 3 N–H and O–H groups in total. The smallest absolute Gasteiger partial charge is 0.542 e. The van der Waals surface area contributed by atoms with Crippen molar-refractivity contribution in [3.8, 4) is 0 Å². The molecule has 19 heteroatoms. The van der Waals surface area contributed by atoms with Crippen LogP contribution in [0.25, 0.3) is 0 Å². The molecule has 0 spiro atoms. The van der Waals surface area contributed by atoms with Crippen molar-refractivity contribution in [3.63, 3.8) is 0 Å². The third-order valence-corrected chi connectivity index (χ3v) is 15.6. The van der Waals surface area contributed by atoms with Crippen molar-refractivity contribution >= 4 is 35.6 Å². The number of halogens is 3. The number of benzene rings is 1. The van der Waals surface area contributed by atoms with Gasteiger partial charge in [-0.25, -0.2) is 4.79 Å². The van der Waals surface area contributed by atoms with E-state index in [4.69, 9.17) is 24.1 Å². The number of nitrogens with zero attached hydrogens (tertiary/aromatic N) is 2.